The fourth-order valence-corrected chi connectivity index (χ4v) is 1.67. The summed E-state index contributed by atoms with van der Waals surface area (Å²) in [6, 6.07) is 3.33. The first-order chi connectivity index (χ1) is 7.67. The predicted molar refractivity (Wildman–Crippen MR) is 64.1 cm³/mol. The maximum Gasteiger partial charge on any atom is 0.108 e. The third kappa shape index (κ3) is 4.93. The molecule has 0 radical (unpaired) electrons. The van der Waals surface area contributed by atoms with E-state index < -0.39 is 0 Å². The van der Waals surface area contributed by atoms with Crippen molar-refractivity contribution in [1.29, 1.82) is 5.26 Å². The fourth-order valence-electron chi connectivity index (χ4n) is 1.67. The van der Waals surface area contributed by atoms with Crippen molar-refractivity contribution in [2.75, 3.05) is 26.8 Å². The third-order valence-corrected chi connectivity index (χ3v) is 2.90. The van der Waals surface area contributed by atoms with Gasteiger partial charge in [-0.2, -0.15) is 5.26 Å². The van der Waals surface area contributed by atoms with Crippen LogP contribution in [0.5, 0.6) is 0 Å². The second kappa shape index (κ2) is 6.85. The molecule has 92 valence electrons. The molecule has 1 aliphatic rings. The van der Waals surface area contributed by atoms with Gasteiger partial charge in [-0.3, -0.25) is 10.2 Å². The molecule has 0 aromatic heterocycles. The average Bonchev–Trinajstić information content (AvgIpc) is 3.05. The zero-order chi connectivity index (χ0) is 12.0. The highest BCUT2D eigenvalue weighted by molar-refractivity contribution is 4.97. The van der Waals surface area contributed by atoms with Crippen LogP contribution in [0.2, 0.25) is 0 Å². The van der Waals surface area contributed by atoms with Crippen molar-refractivity contribution < 1.29 is 4.74 Å². The summed E-state index contributed by atoms with van der Waals surface area (Å²) in [5.74, 6) is 0. The lowest BCUT2D eigenvalue weighted by Gasteiger charge is -2.28. The van der Waals surface area contributed by atoms with E-state index >= 15 is 0 Å². The van der Waals surface area contributed by atoms with Crippen LogP contribution >= 0.6 is 0 Å². The molecule has 0 heterocycles. The molecule has 1 unspecified atom stereocenters. The molecule has 1 rings (SSSR count). The molecule has 0 saturated heterocycles. The number of methoxy groups -OCH3 is 1. The van der Waals surface area contributed by atoms with E-state index in [0.29, 0.717) is 12.1 Å². The van der Waals surface area contributed by atoms with Crippen LogP contribution in [0.25, 0.3) is 0 Å². The van der Waals surface area contributed by atoms with Crippen molar-refractivity contribution in [1.82, 2.24) is 10.2 Å². The first kappa shape index (κ1) is 13.4. The minimum atomic E-state index is -0.0493. The lowest BCUT2D eigenvalue weighted by Crippen LogP contribution is -2.45. The first-order valence-electron chi connectivity index (χ1n) is 6.06. The van der Waals surface area contributed by atoms with Gasteiger partial charge in [-0.05, 0) is 26.7 Å². The zero-order valence-corrected chi connectivity index (χ0v) is 10.6. The Kier molecular flexibility index (Phi) is 5.75. The number of hydrogen-bond acceptors (Lipinski definition) is 4. The summed E-state index contributed by atoms with van der Waals surface area (Å²) in [5.41, 5.74) is 0. The number of nitrogens with zero attached hydrogens (tertiary/aromatic N) is 2. The largest absolute Gasteiger partial charge is 0.383 e. The molecular weight excluding hydrogens is 202 g/mol. The summed E-state index contributed by atoms with van der Waals surface area (Å²) in [7, 11) is 1.71. The summed E-state index contributed by atoms with van der Waals surface area (Å²) < 4.78 is 5.09. The molecule has 1 aliphatic carbocycles. The molecule has 16 heavy (non-hydrogen) atoms. The Hall–Kier alpha value is -0.630. The van der Waals surface area contributed by atoms with Gasteiger partial charge in [0, 0.05) is 32.3 Å². The van der Waals surface area contributed by atoms with E-state index in [0.717, 1.165) is 19.7 Å². The lowest BCUT2D eigenvalue weighted by molar-refractivity contribution is 0.125. The van der Waals surface area contributed by atoms with Gasteiger partial charge >= 0.3 is 0 Å². The molecule has 0 bridgehead atoms. The SMILES string of the molecule is COCCN(CC(C#N)NC1CC1)C(C)C. The molecule has 1 atom stereocenters. The highest BCUT2D eigenvalue weighted by atomic mass is 16.5. The smallest absolute Gasteiger partial charge is 0.108 e. The van der Waals surface area contributed by atoms with E-state index in [1.54, 1.807) is 7.11 Å². The number of hydrogen-bond donors (Lipinski definition) is 1. The van der Waals surface area contributed by atoms with E-state index in [1.165, 1.54) is 12.8 Å². The quantitative estimate of drug-likeness (QED) is 0.669. The molecule has 0 aromatic rings. The first-order valence-corrected chi connectivity index (χ1v) is 6.06. The van der Waals surface area contributed by atoms with Crippen LogP contribution in [-0.4, -0.2) is 49.8 Å². The third-order valence-electron chi connectivity index (χ3n) is 2.90. The van der Waals surface area contributed by atoms with Crippen molar-refractivity contribution in [2.24, 2.45) is 0 Å². The van der Waals surface area contributed by atoms with Gasteiger partial charge in [-0.25, -0.2) is 0 Å². The maximum absolute atomic E-state index is 9.09. The Balaban J connectivity index is 2.34. The highest BCUT2D eigenvalue weighted by Gasteiger charge is 2.25. The lowest BCUT2D eigenvalue weighted by atomic mass is 10.2. The molecule has 1 saturated carbocycles. The standard InChI is InChI=1S/C12H23N3O/c1-10(2)15(6-7-16-3)9-12(8-13)14-11-4-5-11/h10-12,14H,4-7,9H2,1-3H3. The Labute approximate surface area is 98.6 Å². The minimum absolute atomic E-state index is 0.0493. The molecule has 0 aromatic carbocycles. The van der Waals surface area contributed by atoms with E-state index in [9.17, 15) is 0 Å². The Morgan fingerprint density at radius 1 is 1.50 bits per heavy atom. The second-order valence-electron chi connectivity index (χ2n) is 4.70. The van der Waals surface area contributed by atoms with Crippen molar-refractivity contribution in [3.63, 3.8) is 0 Å². The van der Waals surface area contributed by atoms with Gasteiger partial charge in [-0.15, -0.1) is 0 Å². The molecule has 1 fully saturated rings. The Morgan fingerprint density at radius 2 is 2.19 bits per heavy atom. The summed E-state index contributed by atoms with van der Waals surface area (Å²) in [6.07, 6.45) is 2.44. The van der Waals surface area contributed by atoms with Gasteiger partial charge in [-0.1, -0.05) is 0 Å². The van der Waals surface area contributed by atoms with E-state index in [4.69, 9.17) is 10.00 Å². The summed E-state index contributed by atoms with van der Waals surface area (Å²) in [6.45, 7) is 6.70. The monoisotopic (exact) mass is 225 g/mol. The molecule has 0 amide bonds. The van der Waals surface area contributed by atoms with Crippen molar-refractivity contribution in [3.05, 3.63) is 0 Å². The average molecular weight is 225 g/mol. The highest BCUT2D eigenvalue weighted by Crippen LogP contribution is 2.19. The topological polar surface area (TPSA) is 48.3 Å². The molecule has 0 spiro atoms. The van der Waals surface area contributed by atoms with Gasteiger partial charge < -0.3 is 4.74 Å². The number of ether oxygens (including phenoxy) is 1. The van der Waals surface area contributed by atoms with Crippen molar-refractivity contribution >= 4 is 0 Å². The Bertz CT molecular complexity index is 233. The minimum Gasteiger partial charge on any atom is -0.383 e. The molecule has 0 aliphatic heterocycles. The van der Waals surface area contributed by atoms with Crippen LogP contribution < -0.4 is 5.32 Å². The van der Waals surface area contributed by atoms with Crippen LogP contribution in [0.3, 0.4) is 0 Å². The van der Waals surface area contributed by atoms with Gasteiger partial charge in [0.1, 0.15) is 6.04 Å². The predicted octanol–water partition coefficient (Wildman–Crippen LogP) is 0.987. The van der Waals surface area contributed by atoms with Crippen molar-refractivity contribution in [3.8, 4) is 6.07 Å². The van der Waals surface area contributed by atoms with Gasteiger partial charge in [0.15, 0.2) is 0 Å². The van der Waals surface area contributed by atoms with Crippen LogP contribution in [-0.2, 0) is 4.74 Å². The molecule has 4 heteroatoms. The number of nitrogens with one attached hydrogen (secondary N) is 1. The number of nitriles is 1. The second-order valence-corrected chi connectivity index (χ2v) is 4.70. The summed E-state index contributed by atoms with van der Waals surface area (Å²) in [5, 5.41) is 12.4. The molecule has 4 nitrogen and oxygen atoms in total. The van der Waals surface area contributed by atoms with Gasteiger partial charge in [0.05, 0.1) is 12.7 Å². The normalized spacial score (nSPS) is 17.8. The Morgan fingerprint density at radius 3 is 2.62 bits per heavy atom. The fraction of sp³-hybridized carbons (Fsp3) is 0.917. The van der Waals surface area contributed by atoms with Crippen molar-refractivity contribution in [2.45, 2.75) is 44.8 Å². The van der Waals surface area contributed by atoms with Gasteiger partial charge in [0.25, 0.3) is 0 Å². The van der Waals surface area contributed by atoms with Crippen LogP contribution in [0.15, 0.2) is 0 Å². The van der Waals surface area contributed by atoms with Crippen LogP contribution in [0.4, 0.5) is 0 Å². The van der Waals surface area contributed by atoms with Crippen LogP contribution in [0, 0.1) is 11.3 Å². The molecule has 1 N–H and O–H groups in total. The van der Waals surface area contributed by atoms with Crippen LogP contribution in [0.1, 0.15) is 26.7 Å². The van der Waals surface area contributed by atoms with Gasteiger partial charge in [0.2, 0.25) is 0 Å². The molecular formula is C12H23N3O. The van der Waals surface area contributed by atoms with E-state index in [2.05, 4.69) is 30.1 Å². The van der Waals surface area contributed by atoms with E-state index in [1.807, 2.05) is 0 Å². The zero-order valence-electron chi connectivity index (χ0n) is 10.6. The number of rotatable bonds is 8. The van der Waals surface area contributed by atoms with E-state index in [-0.39, 0.29) is 6.04 Å². The summed E-state index contributed by atoms with van der Waals surface area (Å²) >= 11 is 0. The maximum atomic E-state index is 9.09. The summed E-state index contributed by atoms with van der Waals surface area (Å²) in [4.78, 5) is 2.28.